The van der Waals surface area contributed by atoms with Gasteiger partial charge in [0.05, 0.1) is 7.11 Å². The van der Waals surface area contributed by atoms with E-state index in [4.69, 9.17) is 9.47 Å². The quantitative estimate of drug-likeness (QED) is 0.655. The zero-order valence-electron chi connectivity index (χ0n) is 16.9. The minimum atomic E-state index is -0.445. The number of nitriles is 1. The molecular weight excluding hydrogens is 382 g/mol. The summed E-state index contributed by atoms with van der Waals surface area (Å²) in [7, 11) is 1.48. The highest BCUT2D eigenvalue weighted by Crippen LogP contribution is 2.33. The van der Waals surface area contributed by atoms with Crippen molar-refractivity contribution in [1.82, 2.24) is 4.98 Å². The maximum atomic E-state index is 12.2. The minimum absolute atomic E-state index is 0.0220. The van der Waals surface area contributed by atoms with E-state index >= 15 is 0 Å². The number of nitrogens with one attached hydrogen (secondary N) is 2. The molecule has 1 amide bonds. The number of benzene rings is 2. The molecule has 7 heteroatoms. The SMILES string of the molecule is COc1cc(-c2cc(C)[nH]c(=O)c2C#N)ccc1OCC(=O)Nc1ccc(C)cc1. The first-order valence-electron chi connectivity index (χ1n) is 9.23. The predicted octanol–water partition coefficient (Wildman–Crippen LogP) is 3.56. The molecule has 0 saturated heterocycles. The van der Waals surface area contributed by atoms with Crippen LogP contribution in [0.5, 0.6) is 11.5 Å². The normalized spacial score (nSPS) is 10.2. The van der Waals surface area contributed by atoms with E-state index < -0.39 is 5.56 Å². The van der Waals surface area contributed by atoms with Crippen molar-refractivity contribution in [2.75, 3.05) is 19.0 Å². The summed E-state index contributed by atoms with van der Waals surface area (Å²) >= 11 is 0. The van der Waals surface area contributed by atoms with Gasteiger partial charge < -0.3 is 19.8 Å². The Bertz CT molecular complexity index is 1170. The zero-order valence-corrected chi connectivity index (χ0v) is 16.9. The van der Waals surface area contributed by atoms with Gasteiger partial charge in [0.2, 0.25) is 0 Å². The lowest BCUT2D eigenvalue weighted by molar-refractivity contribution is -0.118. The Labute approximate surface area is 173 Å². The highest BCUT2D eigenvalue weighted by molar-refractivity contribution is 5.91. The average molecular weight is 403 g/mol. The van der Waals surface area contributed by atoms with Crippen LogP contribution in [0.1, 0.15) is 16.8 Å². The second kappa shape index (κ2) is 8.97. The Kier molecular flexibility index (Phi) is 6.18. The monoisotopic (exact) mass is 403 g/mol. The summed E-state index contributed by atoms with van der Waals surface area (Å²) in [6.45, 7) is 3.52. The van der Waals surface area contributed by atoms with Crippen LogP contribution in [0, 0.1) is 25.2 Å². The molecule has 0 saturated carbocycles. The Hall–Kier alpha value is -4.05. The molecule has 0 bridgehead atoms. The number of anilines is 1. The Balaban J connectivity index is 1.78. The van der Waals surface area contributed by atoms with E-state index in [1.165, 1.54) is 7.11 Å². The molecule has 7 nitrogen and oxygen atoms in total. The number of aromatic nitrogens is 1. The predicted molar refractivity (Wildman–Crippen MR) is 114 cm³/mol. The van der Waals surface area contributed by atoms with Gasteiger partial charge in [0.1, 0.15) is 11.6 Å². The van der Waals surface area contributed by atoms with E-state index in [2.05, 4.69) is 10.3 Å². The smallest absolute Gasteiger partial charge is 0.266 e. The summed E-state index contributed by atoms with van der Waals surface area (Å²) in [5.41, 5.74) is 3.14. The van der Waals surface area contributed by atoms with Gasteiger partial charge in [0.25, 0.3) is 11.5 Å². The van der Waals surface area contributed by atoms with E-state index in [0.29, 0.717) is 34.0 Å². The van der Waals surface area contributed by atoms with Crippen LogP contribution in [0.4, 0.5) is 5.69 Å². The van der Waals surface area contributed by atoms with E-state index in [0.717, 1.165) is 5.56 Å². The number of amides is 1. The molecule has 2 aromatic carbocycles. The fourth-order valence-electron chi connectivity index (χ4n) is 2.96. The number of hydrogen-bond acceptors (Lipinski definition) is 5. The Morgan fingerprint density at radius 2 is 1.83 bits per heavy atom. The second-order valence-corrected chi connectivity index (χ2v) is 6.75. The molecule has 3 rings (SSSR count). The molecule has 152 valence electrons. The summed E-state index contributed by atoms with van der Waals surface area (Å²) in [6, 6.07) is 16.1. The molecule has 0 fully saturated rings. The van der Waals surface area contributed by atoms with E-state index in [-0.39, 0.29) is 18.1 Å². The van der Waals surface area contributed by atoms with Gasteiger partial charge in [-0.1, -0.05) is 23.8 Å². The van der Waals surface area contributed by atoms with Crippen molar-refractivity contribution in [1.29, 1.82) is 5.26 Å². The van der Waals surface area contributed by atoms with Crippen molar-refractivity contribution >= 4 is 11.6 Å². The van der Waals surface area contributed by atoms with Gasteiger partial charge in [0, 0.05) is 16.9 Å². The average Bonchev–Trinajstić information content (AvgIpc) is 2.73. The molecule has 0 atom stereocenters. The number of H-pyrrole nitrogens is 1. The van der Waals surface area contributed by atoms with Gasteiger partial charge in [-0.25, -0.2) is 0 Å². The molecule has 3 aromatic rings. The number of aryl methyl sites for hydroxylation is 2. The maximum Gasteiger partial charge on any atom is 0.266 e. The summed E-state index contributed by atoms with van der Waals surface area (Å²) in [5, 5.41) is 12.1. The number of carbonyl (C=O) groups is 1. The van der Waals surface area contributed by atoms with Crippen molar-refractivity contribution in [2.45, 2.75) is 13.8 Å². The Morgan fingerprint density at radius 1 is 1.10 bits per heavy atom. The molecule has 30 heavy (non-hydrogen) atoms. The molecular formula is C23H21N3O4. The number of rotatable bonds is 6. The van der Waals surface area contributed by atoms with Crippen molar-refractivity contribution in [3.8, 4) is 28.7 Å². The van der Waals surface area contributed by atoms with Crippen LogP contribution in [0.15, 0.2) is 53.3 Å². The van der Waals surface area contributed by atoms with Gasteiger partial charge in [-0.05, 0) is 49.7 Å². The van der Waals surface area contributed by atoms with Crippen LogP contribution in [0.2, 0.25) is 0 Å². The molecule has 0 spiro atoms. The summed E-state index contributed by atoms with van der Waals surface area (Å²) in [5.74, 6) is 0.458. The first-order valence-corrected chi connectivity index (χ1v) is 9.23. The third kappa shape index (κ3) is 4.67. The number of carbonyl (C=O) groups excluding carboxylic acids is 1. The number of ether oxygens (including phenoxy) is 2. The second-order valence-electron chi connectivity index (χ2n) is 6.75. The van der Waals surface area contributed by atoms with Crippen molar-refractivity contribution in [2.24, 2.45) is 0 Å². The fourth-order valence-corrected chi connectivity index (χ4v) is 2.96. The number of methoxy groups -OCH3 is 1. The lowest BCUT2D eigenvalue weighted by Gasteiger charge is -2.13. The third-order valence-electron chi connectivity index (χ3n) is 4.45. The van der Waals surface area contributed by atoms with Crippen LogP contribution in [-0.2, 0) is 4.79 Å². The summed E-state index contributed by atoms with van der Waals surface area (Å²) < 4.78 is 11.0. The Morgan fingerprint density at radius 3 is 2.50 bits per heavy atom. The number of nitrogens with zero attached hydrogens (tertiary/aromatic N) is 1. The lowest BCUT2D eigenvalue weighted by atomic mass is 10.0. The summed E-state index contributed by atoms with van der Waals surface area (Å²) in [6.07, 6.45) is 0. The molecule has 2 N–H and O–H groups in total. The van der Waals surface area contributed by atoms with Gasteiger partial charge >= 0.3 is 0 Å². The molecule has 1 heterocycles. The fraction of sp³-hybridized carbons (Fsp3) is 0.174. The van der Waals surface area contributed by atoms with E-state index in [9.17, 15) is 14.9 Å². The van der Waals surface area contributed by atoms with E-state index in [1.54, 1.807) is 31.2 Å². The molecule has 0 aliphatic carbocycles. The van der Waals surface area contributed by atoms with Gasteiger partial charge in [0.15, 0.2) is 18.1 Å². The molecule has 1 aromatic heterocycles. The van der Waals surface area contributed by atoms with Crippen LogP contribution in [-0.4, -0.2) is 24.6 Å². The largest absolute Gasteiger partial charge is 0.493 e. The van der Waals surface area contributed by atoms with Gasteiger partial charge in [-0.15, -0.1) is 0 Å². The molecule has 0 unspecified atom stereocenters. The van der Waals surface area contributed by atoms with Crippen LogP contribution in [0.25, 0.3) is 11.1 Å². The topological polar surface area (TPSA) is 104 Å². The number of pyridine rings is 1. The van der Waals surface area contributed by atoms with Crippen molar-refractivity contribution < 1.29 is 14.3 Å². The molecule has 0 aliphatic rings. The van der Waals surface area contributed by atoms with Crippen LogP contribution in [0.3, 0.4) is 0 Å². The van der Waals surface area contributed by atoms with Crippen LogP contribution < -0.4 is 20.3 Å². The first kappa shape index (κ1) is 20.7. The van der Waals surface area contributed by atoms with Crippen LogP contribution >= 0.6 is 0 Å². The van der Waals surface area contributed by atoms with E-state index in [1.807, 2.05) is 37.3 Å². The lowest BCUT2D eigenvalue weighted by Crippen LogP contribution is -2.20. The highest BCUT2D eigenvalue weighted by atomic mass is 16.5. The van der Waals surface area contributed by atoms with Gasteiger partial charge in [-0.3, -0.25) is 9.59 Å². The molecule has 0 radical (unpaired) electrons. The minimum Gasteiger partial charge on any atom is -0.493 e. The van der Waals surface area contributed by atoms with Gasteiger partial charge in [-0.2, -0.15) is 5.26 Å². The van der Waals surface area contributed by atoms with Crippen molar-refractivity contribution in [3.63, 3.8) is 0 Å². The van der Waals surface area contributed by atoms with Crippen molar-refractivity contribution in [3.05, 3.63) is 75.7 Å². The third-order valence-corrected chi connectivity index (χ3v) is 4.45. The number of hydrogen-bond donors (Lipinski definition) is 2. The zero-order chi connectivity index (χ0) is 21.7. The highest BCUT2D eigenvalue weighted by Gasteiger charge is 2.14. The number of aromatic amines is 1. The maximum absolute atomic E-state index is 12.2. The standard InChI is InChI=1S/C23H21N3O4/c1-14-4-7-17(8-5-14)26-22(27)13-30-20-9-6-16(11-21(20)29-3)18-10-15(2)25-23(28)19(18)12-24/h4-11H,13H2,1-3H3,(H,25,28)(H,26,27). The first-order chi connectivity index (χ1) is 14.4. The summed E-state index contributed by atoms with van der Waals surface area (Å²) in [4.78, 5) is 26.8. The molecule has 0 aliphatic heterocycles.